The molecule has 0 saturated carbocycles. The van der Waals surface area contributed by atoms with E-state index in [4.69, 9.17) is 4.98 Å². The molecule has 2 aliphatic rings. The number of aromatic nitrogens is 4. The summed E-state index contributed by atoms with van der Waals surface area (Å²) in [6.45, 7) is 10.7. The lowest BCUT2D eigenvalue weighted by molar-refractivity contribution is 0.533. The summed E-state index contributed by atoms with van der Waals surface area (Å²) >= 11 is 0. The summed E-state index contributed by atoms with van der Waals surface area (Å²) in [5, 5.41) is 0. The van der Waals surface area contributed by atoms with Gasteiger partial charge < -0.3 is 9.80 Å². The second-order valence-corrected chi connectivity index (χ2v) is 9.06. The zero-order chi connectivity index (χ0) is 19.3. The van der Waals surface area contributed by atoms with Crippen LogP contribution in [0.15, 0.2) is 42.9 Å². The average molecular weight is 374 g/mol. The van der Waals surface area contributed by atoms with Crippen molar-refractivity contribution in [2.45, 2.75) is 26.2 Å². The first-order valence-corrected chi connectivity index (χ1v) is 10.0. The summed E-state index contributed by atoms with van der Waals surface area (Å²) in [6.07, 6.45) is 3.63. The summed E-state index contributed by atoms with van der Waals surface area (Å²) in [6, 6.07) is 10.2. The van der Waals surface area contributed by atoms with E-state index in [1.807, 2.05) is 30.5 Å². The quantitative estimate of drug-likeness (QED) is 0.686. The summed E-state index contributed by atoms with van der Waals surface area (Å²) in [7, 11) is 0. The minimum Gasteiger partial charge on any atom is -0.356 e. The number of fused-ring (bicyclic) bond motifs is 2. The van der Waals surface area contributed by atoms with Crippen LogP contribution in [0.1, 0.15) is 26.5 Å². The smallest absolute Gasteiger partial charge is 0.147 e. The first-order valence-electron chi connectivity index (χ1n) is 10.0. The number of anilines is 2. The molecule has 28 heavy (non-hydrogen) atoms. The highest BCUT2D eigenvalue weighted by atomic mass is 15.3. The topological polar surface area (TPSA) is 58.0 Å². The van der Waals surface area contributed by atoms with E-state index in [0.29, 0.717) is 11.8 Å². The molecule has 4 heterocycles. The third kappa shape index (κ3) is 3.07. The van der Waals surface area contributed by atoms with E-state index < -0.39 is 0 Å². The minimum atomic E-state index is 0.0405. The van der Waals surface area contributed by atoms with E-state index in [1.165, 1.54) is 0 Å². The molecule has 0 N–H and O–H groups in total. The molecule has 1 aromatic carbocycles. The second-order valence-electron chi connectivity index (χ2n) is 9.06. The lowest BCUT2D eigenvalue weighted by Crippen LogP contribution is -2.30. The maximum absolute atomic E-state index is 4.83. The number of nitrogens with zero attached hydrogens (tertiary/aromatic N) is 6. The van der Waals surface area contributed by atoms with Crippen LogP contribution < -0.4 is 9.80 Å². The predicted molar refractivity (Wildman–Crippen MR) is 112 cm³/mol. The number of hydrogen-bond donors (Lipinski definition) is 0. The van der Waals surface area contributed by atoms with Gasteiger partial charge in [0, 0.05) is 49.5 Å². The van der Waals surface area contributed by atoms with Crippen LogP contribution in [0.25, 0.3) is 11.0 Å². The highest BCUT2D eigenvalue weighted by molar-refractivity contribution is 5.75. The van der Waals surface area contributed by atoms with Crippen LogP contribution in [0, 0.1) is 11.8 Å². The molecule has 0 radical (unpaired) electrons. The van der Waals surface area contributed by atoms with Crippen molar-refractivity contribution in [2.75, 3.05) is 36.0 Å². The van der Waals surface area contributed by atoms with Gasteiger partial charge in [0.15, 0.2) is 0 Å². The van der Waals surface area contributed by atoms with Crippen molar-refractivity contribution in [2.24, 2.45) is 11.8 Å². The molecule has 2 aliphatic heterocycles. The average Bonchev–Trinajstić information content (AvgIpc) is 3.26. The first-order chi connectivity index (χ1) is 13.5. The highest BCUT2D eigenvalue weighted by Gasteiger charge is 2.41. The van der Waals surface area contributed by atoms with Gasteiger partial charge in [-0.15, -0.1) is 0 Å². The van der Waals surface area contributed by atoms with Crippen molar-refractivity contribution in [1.29, 1.82) is 0 Å². The van der Waals surface area contributed by atoms with Crippen LogP contribution >= 0.6 is 0 Å². The van der Waals surface area contributed by atoms with Crippen LogP contribution in [-0.4, -0.2) is 46.1 Å². The van der Waals surface area contributed by atoms with Gasteiger partial charge >= 0.3 is 0 Å². The van der Waals surface area contributed by atoms with Crippen LogP contribution in [0.5, 0.6) is 0 Å². The molecule has 2 atom stereocenters. The molecule has 0 aliphatic carbocycles. The standard InChI is InChI=1S/C22H26N6/c1-22(2,3)19-8-20(25-14-24-19)27-10-15-12-28(13-16(15)11-27)21-9-23-17-6-4-5-7-18(17)26-21/h4-9,14-16H,10-13H2,1-3H3. The Balaban J connectivity index is 1.31. The van der Waals surface area contributed by atoms with Gasteiger partial charge in [-0.05, 0) is 12.1 Å². The van der Waals surface area contributed by atoms with Crippen molar-refractivity contribution in [1.82, 2.24) is 19.9 Å². The molecule has 144 valence electrons. The monoisotopic (exact) mass is 374 g/mol. The maximum atomic E-state index is 4.83. The Morgan fingerprint density at radius 1 is 0.821 bits per heavy atom. The Kier molecular flexibility index (Phi) is 3.96. The van der Waals surface area contributed by atoms with Crippen LogP contribution in [0.2, 0.25) is 0 Å². The van der Waals surface area contributed by atoms with E-state index in [2.05, 4.69) is 51.6 Å². The third-order valence-corrected chi connectivity index (χ3v) is 5.99. The third-order valence-electron chi connectivity index (χ3n) is 5.99. The fourth-order valence-corrected chi connectivity index (χ4v) is 4.40. The first kappa shape index (κ1) is 17.3. The van der Waals surface area contributed by atoms with Crippen molar-refractivity contribution in [3.63, 3.8) is 0 Å². The predicted octanol–water partition coefficient (Wildman–Crippen LogP) is 3.29. The summed E-state index contributed by atoms with van der Waals surface area (Å²) in [4.78, 5) is 23.3. The van der Waals surface area contributed by atoms with Crippen molar-refractivity contribution in [3.8, 4) is 0 Å². The zero-order valence-electron chi connectivity index (χ0n) is 16.7. The normalized spacial score (nSPS) is 22.1. The van der Waals surface area contributed by atoms with E-state index in [0.717, 1.165) is 54.5 Å². The number of benzene rings is 1. The fraction of sp³-hybridized carbons (Fsp3) is 0.455. The van der Waals surface area contributed by atoms with E-state index >= 15 is 0 Å². The SMILES string of the molecule is CC(C)(C)c1cc(N2CC3CN(c4cnc5ccccc5n4)CC3C2)ncn1. The minimum absolute atomic E-state index is 0.0405. The van der Waals surface area contributed by atoms with Gasteiger partial charge in [0.2, 0.25) is 0 Å². The Bertz CT molecular complexity index is 997. The molecular formula is C22H26N6. The molecule has 3 aromatic rings. The number of para-hydroxylation sites is 2. The van der Waals surface area contributed by atoms with Crippen molar-refractivity contribution < 1.29 is 0 Å². The summed E-state index contributed by atoms with van der Waals surface area (Å²) in [5.41, 5.74) is 3.06. The van der Waals surface area contributed by atoms with E-state index in [1.54, 1.807) is 6.33 Å². The lowest BCUT2D eigenvalue weighted by atomic mass is 9.92. The van der Waals surface area contributed by atoms with Crippen LogP contribution in [0.3, 0.4) is 0 Å². The molecule has 2 unspecified atom stereocenters. The summed E-state index contributed by atoms with van der Waals surface area (Å²) < 4.78 is 0. The molecule has 2 saturated heterocycles. The van der Waals surface area contributed by atoms with Gasteiger partial charge in [-0.2, -0.15) is 0 Å². The van der Waals surface area contributed by atoms with Gasteiger partial charge in [0.25, 0.3) is 0 Å². The lowest BCUT2D eigenvalue weighted by Gasteiger charge is -2.24. The largest absolute Gasteiger partial charge is 0.356 e. The molecular weight excluding hydrogens is 348 g/mol. The van der Waals surface area contributed by atoms with Crippen molar-refractivity contribution in [3.05, 3.63) is 48.5 Å². The molecule has 2 aromatic heterocycles. The van der Waals surface area contributed by atoms with Crippen LogP contribution in [-0.2, 0) is 5.41 Å². The Morgan fingerprint density at radius 2 is 1.46 bits per heavy atom. The Hall–Kier alpha value is -2.76. The second kappa shape index (κ2) is 6.40. The molecule has 0 bridgehead atoms. The molecule has 2 fully saturated rings. The van der Waals surface area contributed by atoms with Crippen LogP contribution in [0.4, 0.5) is 11.6 Å². The fourth-order valence-electron chi connectivity index (χ4n) is 4.40. The van der Waals surface area contributed by atoms with Crippen molar-refractivity contribution >= 4 is 22.7 Å². The number of rotatable bonds is 2. The molecule has 5 rings (SSSR count). The van der Waals surface area contributed by atoms with Gasteiger partial charge in [0.1, 0.15) is 18.0 Å². The van der Waals surface area contributed by atoms with Gasteiger partial charge in [-0.1, -0.05) is 32.9 Å². The van der Waals surface area contributed by atoms with Gasteiger partial charge in [0.05, 0.1) is 22.9 Å². The zero-order valence-corrected chi connectivity index (χ0v) is 16.7. The molecule has 0 spiro atoms. The Labute approximate surface area is 165 Å². The van der Waals surface area contributed by atoms with E-state index in [-0.39, 0.29) is 5.41 Å². The Morgan fingerprint density at radius 3 is 2.14 bits per heavy atom. The molecule has 6 nitrogen and oxygen atoms in total. The summed E-state index contributed by atoms with van der Waals surface area (Å²) in [5.74, 6) is 3.34. The van der Waals surface area contributed by atoms with Gasteiger partial charge in [-0.3, -0.25) is 4.98 Å². The highest BCUT2D eigenvalue weighted by Crippen LogP contribution is 2.35. The maximum Gasteiger partial charge on any atom is 0.147 e. The molecule has 6 heteroatoms. The van der Waals surface area contributed by atoms with Gasteiger partial charge in [-0.25, -0.2) is 15.0 Å². The van der Waals surface area contributed by atoms with E-state index in [9.17, 15) is 0 Å². The molecule has 0 amide bonds. The number of hydrogen-bond acceptors (Lipinski definition) is 6.